The summed E-state index contributed by atoms with van der Waals surface area (Å²) in [5.41, 5.74) is 2.46. The van der Waals surface area contributed by atoms with Crippen LogP contribution in [0.25, 0.3) is 22.3 Å². The third kappa shape index (κ3) is 5.85. The maximum absolute atomic E-state index is 14.8. The summed E-state index contributed by atoms with van der Waals surface area (Å²) in [4.78, 5) is 0. The zero-order valence-corrected chi connectivity index (χ0v) is 20.4. The van der Waals surface area contributed by atoms with Gasteiger partial charge in [-0.25, -0.2) is 13.2 Å². The van der Waals surface area contributed by atoms with Gasteiger partial charge in [0.25, 0.3) is 0 Å². The molecule has 0 saturated carbocycles. The average Bonchev–Trinajstić information content (AvgIpc) is 2.92. The Bertz CT molecular complexity index is 1380. The van der Waals surface area contributed by atoms with Crippen LogP contribution in [0.5, 0.6) is 11.5 Å². The molecule has 0 fully saturated rings. The Hall–Kier alpha value is -4.06. The van der Waals surface area contributed by atoms with Gasteiger partial charge in [-0.05, 0) is 66.3 Å². The maximum Gasteiger partial charge on any atom is 0.201 e. The molecule has 0 heterocycles. The number of hydrogen-bond donors (Lipinski definition) is 0. The smallest absolute Gasteiger partial charge is 0.201 e. The van der Waals surface area contributed by atoms with Gasteiger partial charge in [0.2, 0.25) is 5.82 Å². The minimum Gasteiger partial charge on any atom is -0.494 e. The van der Waals surface area contributed by atoms with E-state index in [9.17, 15) is 17.6 Å². The van der Waals surface area contributed by atoms with E-state index in [0.717, 1.165) is 5.56 Å². The standard InChI is InChI=1S/C31H26F4O2/c1-3-19-37-27-18-17-26(30(34)31(27)35)21-8-5-20(6-9-21)7-10-23-13-16-25(29(33)28(23)32)22-11-14-24(15-12-22)36-4-2/h3,5-6,8-9,11-18H,1,4,7,10,19H2,2H3. The molecule has 4 aromatic rings. The predicted octanol–water partition coefficient (Wildman–Crippen LogP) is 8.33. The van der Waals surface area contributed by atoms with E-state index < -0.39 is 23.3 Å². The molecule has 0 N–H and O–H groups in total. The molecule has 0 radical (unpaired) electrons. The fourth-order valence-electron chi connectivity index (χ4n) is 4.05. The maximum atomic E-state index is 14.8. The van der Waals surface area contributed by atoms with Crippen LogP contribution in [0.3, 0.4) is 0 Å². The molecule has 4 rings (SSSR count). The SMILES string of the molecule is C=CCOc1ccc(-c2ccc(CCc3ccc(-c4ccc(OCC)cc4)c(F)c3F)cc2)c(F)c1F. The minimum atomic E-state index is -1.06. The van der Waals surface area contributed by atoms with Crippen LogP contribution < -0.4 is 9.47 Å². The van der Waals surface area contributed by atoms with Gasteiger partial charge in [0.05, 0.1) is 6.61 Å². The van der Waals surface area contributed by atoms with Crippen LogP contribution in [0.2, 0.25) is 0 Å². The molecular weight excluding hydrogens is 480 g/mol. The first kappa shape index (κ1) is 26.0. The Kier molecular flexibility index (Phi) is 8.29. The van der Waals surface area contributed by atoms with Crippen LogP contribution in [0, 0.1) is 23.3 Å². The van der Waals surface area contributed by atoms with Crippen molar-refractivity contribution in [1.29, 1.82) is 0 Å². The highest BCUT2D eigenvalue weighted by atomic mass is 19.2. The summed E-state index contributed by atoms with van der Waals surface area (Å²) in [6.45, 7) is 5.95. The molecule has 0 aromatic heterocycles. The quantitative estimate of drug-likeness (QED) is 0.159. The fraction of sp³-hybridized carbons (Fsp3) is 0.161. The summed E-state index contributed by atoms with van der Waals surface area (Å²) in [6.07, 6.45) is 2.18. The van der Waals surface area contributed by atoms with Gasteiger partial charge in [0.1, 0.15) is 12.4 Å². The van der Waals surface area contributed by atoms with Gasteiger partial charge >= 0.3 is 0 Å². The van der Waals surface area contributed by atoms with Crippen molar-refractivity contribution in [3.8, 4) is 33.8 Å². The molecule has 190 valence electrons. The molecule has 0 atom stereocenters. The van der Waals surface area contributed by atoms with Crippen molar-refractivity contribution >= 4 is 0 Å². The van der Waals surface area contributed by atoms with Crippen molar-refractivity contribution in [2.75, 3.05) is 13.2 Å². The first-order valence-corrected chi connectivity index (χ1v) is 11.9. The number of benzene rings is 4. The van der Waals surface area contributed by atoms with E-state index in [4.69, 9.17) is 9.47 Å². The number of rotatable bonds is 10. The molecule has 0 spiro atoms. The highest BCUT2D eigenvalue weighted by molar-refractivity contribution is 5.66. The van der Waals surface area contributed by atoms with Crippen molar-refractivity contribution < 1.29 is 27.0 Å². The highest BCUT2D eigenvalue weighted by Gasteiger charge is 2.17. The molecule has 6 heteroatoms. The Morgan fingerprint density at radius 2 is 1.24 bits per heavy atom. The molecule has 0 aliphatic heterocycles. The largest absolute Gasteiger partial charge is 0.494 e. The van der Waals surface area contributed by atoms with E-state index in [1.807, 2.05) is 6.92 Å². The minimum absolute atomic E-state index is 0.0686. The summed E-state index contributed by atoms with van der Waals surface area (Å²) in [5.74, 6) is -3.35. The van der Waals surface area contributed by atoms with E-state index >= 15 is 0 Å². The van der Waals surface area contributed by atoms with Gasteiger partial charge in [-0.1, -0.05) is 61.2 Å². The first-order valence-electron chi connectivity index (χ1n) is 11.9. The summed E-state index contributed by atoms with van der Waals surface area (Å²) in [7, 11) is 0. The third-order valence-corrected chi connectivity index (χ3v) is 5.99. The van der Waals surface area contributed by atoms with Crippen molar-refractivity contribution in [3.63, 3.8) is 0 Å². The van der Waals surface area contributed by atoms with Crippen molar-refractivity contribution in [3.05, 3.63) is 120 Å². The van der Waals surface area contributed by atoms with Crippen molar-refractivity contribution in [2.45, 2.75) is 19.8 Å². The molecule has 4 aromatic carbocycles. The van der Waals surface area contributed by atoms with Gasteiger partial charge in [-0.3, -0.25) is 0 Å². The van der Waals surface area contributed by atoms with Gasteiger partial charge in [-0.15, -0.1) is 0 Å². The van der Waals surface area contributed by atoms with Crippen LogP contribution in [0.15, 0.2) is 85.5 Å². The number of aryl methyl sites for hydroxylation is 2. The summed E-state index contributed by atoms with van der Waals surface area (Å²) >= 11 is 0. The Morgan fingerprint density at radius 3 is 1.86 bits per heavy atom. The zero-order valence-electron chi connectivity index (χ0n) is 20.4. The molecule has 0 aliphatic rings. The second-order valence-electron chi connectivity index (χ2n) is 8.39. The van der Waals surface area contributed by atoms with Gasteiger partial charge < -0.3 is 9.47 Å². The second kappa shape index (κ2) is 11.8. The lowest BCUT2D eigenvalue weighted by Gasteiger charge is -2.11. The molecule has 0 saturated heterocycles. The first-order chi connectivity index (χ1) is 17.9. The topological polar surface area (TPSA) is 18.5 Å². The van der Waals surface area contributed by atoms with Crippen LogP contribution in [0.1, 0.15) is 18.1 Å². The van der Waals surface area contributed by atoms with Gasteiger partial charge in [0.15, 0.2) is 23.2 Å². The lowest BCUT2D eigenvalue weighted by Crippen LogP contribution is -2.00. The van der Waals surface area contributed by atoms with Crippen LogP contribution >= 0.6 is 0 Å². The van der Waals surface area contributed by atoms with Crippen molar-refractivity contribution in [2.24, 2.45) is 0 Å². The van der Waals surface area contributed by atoms with Crippen molar-refractivity contribution in [1.82, 2.24) is 0 Å². The Morgan fingerprint density at radius 1 is 0.649 bits per heavy atom. The van der Waals surface area contributed by atoms with Crippen LogP contribution in [0.4, 0.5) is 17.6 Å². The number of halogens is 4. The molecule has 0 amide bonds. The normalized spacial score (nSPS) is 10.8. The van der Waals surface area contributed by atoms with E-state index in [1.165, 1.54) is 18.2 Å². The van der Waals surface area contributed by atoms with Gasteiger partial charge in [-0.2, -0.15) is 4.39 Å². The highest BCUT2D eigenvalue weighted by Crippen LogP contribution is 2.31. The lowest BCUT2D eigenvalue weighted by molar-refractivity contribution is 0.333. The monoisotopic (exact) mass is 506 g/mol. The van der Waals surface area contributed by atoms with Crippen LogP contribution in [-0.4, -0.2) is 13.2 Å². The summed E-state index contributed by atoms with van der Waals surface area (Å²) in [6, 6.07) is 19.7. The van der Waals surface area contributed by atoms with E-state index in [1.54, 1.807) is 60.7 Å². The molecule has 2 nitrogen and oxygen atoms in total. The predicted molar refractivity (Wildman–Crippen MR) is 138 cm³/mol. The molecular formula is C31H26F4O2. The molecule has 0 unspecified atom stereocenters. The Balaban J connectivity index is 1.45. The summed E-state index contributed by atoms with van der Waals surface area (Å²) in [5, 5.41) is 0. The third-order valence-electron chi connectivity index (χ3n) is 5.99. The zero-order chi connectivity index (χ0) is 26.4. The number of hydrogen-bond acceptors (Lipinski definition) is 2. The van der Waals surface area contributed by atoms with Gasteiger partial charge in [0, 0.05) is 11.1 Å². The molecule has 0 bridgehead atoms. The fourth-order valence-corrected chi connectivity index (χ4v) is 4.05. The van der Waals surface area contributed by atoms with Crippen LogP contribution in [-0.2, 0) is 12.8 Å². The van der Waals surface area contributed by atoms with E-state index in [2.05, 4.69) is 6.58 Å². The van der Waals surface area contributed by atoms with E-state index in [0.29, 0.717) is 29.9 Å². The second-order valence-corrected chi connectivity index (χ2v) is 8.39. The van der Waals surface area contributed by atoms with E-state index in [-0.39, 0.29) is 35.5 Å². The average molecular weight is 507 g/mol. The lowest BCUT2D eigenvalue weighted by atomic mass is 9.97. The number of ether oxygens (including phenoxy) is 2. The summed E-state index contributed by atoms with van der Waals surface area (Å²) < 4.78 is 69.1. The molecule has 0 aliphatic carbocycles. The Labute approximate surface area is 213 Å². The molecule has 37 heavy (non-hydrogen) atoms.